The van der Waals surface area contributed by atoms with Crippen molar-refractivity contribution in [2.24, 2.45) is 0 Å². The molecule has 1 fully saturated rings. The zero-order chi connectivity index (χ0) is 12.1. The van der Waals surface area contributed by atoms with Gasteiger partial charge in [0, 0.05) is 12.6 Å². The first-order chi connectivity index (χ1) is 8.24. The van der Waals surface area contributed by atoms with Gasteiger partial charge in [-0.05, 0) is 41.9 Å². The van der Waals surface area contributed by atoms with Crippen LogP contribution in [0.15, 0.2) is 10.7 Å². The van der Waals surface area contributed by atoms with E-state index in [1.807, 2.05) is 0 Å². The number of anilines is 1. The van der Waals surface area contributed by atoms with Crippen LogP contribution in [0.4, 0.5) is 5.82 Å². The number of hydrogen-bond acceptors (Lipinski definition) is 5. The van der Waals surface area contributed by atoms with Crippen LogP contribution >= 0.6 is 15.9 Å². The normalized spacial score (nSPS) is 17.0. The van der Waals surface area contributed by atoms with Crippen molar-refractivity contribution in [1.29, 1.82) is 0 Å². The molecule has 0 aromatic carbocycles. The molecule has 1 aromatic rings. The molecule has 0 aliphatic carbocycles. The van der Waals surface area contributed by atoms with Crippen LogP contribution < -0.4 is 10.5 Å². The van der Waals surface area contributed by atoms with E-state index in [1.165, 1.54) is 32.4 Å². The molecule has 1 aliphatic heterocycles. The second-order valence-corrected chi connectivity index (χ2v) is 4.96. The number of likely N-dealkylation sites (tertiary alicyclic amines) is 1. The molecule has 1 aliphatic rings. The monoisotopic (exact) mass is 300 g/mol. The van der Waals surface area contributed by atoms with Gasteiger partial charge in [-0.25, -0.2) is 0 Å². The van der Waals surface area contributed by atoms with E-state index in [0.29, 0.717) is 23.0 Å². The van der Waals surface area contributed by atoms with Crippen molar-refractivity contribution in [3.05, 3.63) is 10.7 Å². The molecule has 2 rings (SSSR count). The van der Waals surface area contributed by atoms with Crippen molar-refractivity contribution in [2.45, 2.75) is 19.3 Å². The fourth-order valence-electron chi connectivity index (χ4n) is 1.93. The molecule has 0 radical (unpaired) electrons. The summed E-state index contributed by atoms with van der Waals surface area (Å²) in [6.45, 7) is 3.88. The Morgan fingerprint density at radius 3 is 2.76 bits per heavy atom. The van der Waals surface area contributed by atoms with E-state index in [9.17, 15) is 0 Å². The number of nitrogens with two attached hydrogens (primary N) is 1. The second kappa shape index (κ2) is 6.16. The van der Waals surface area contributed by atoms with Gasteiger partial charge in [-0.1, -0.05) is 6.42 Å². The maximum absolute atomic E-state index is 5.60. The summed E-state index contributed by atoms with van der Waals surface area (Å²) in [5.74, 6) is 0.417. The van der Waals surface area contributed by atoms with Gasteiger partial charge in [-0.15, -0.1) is 0 Å². The maximum Gasteiger partial charge on any atom is 0.319 e. The van der Waals surface area contributed by atoms with Crippen molar-refractivity contribution in [2.75, 3.05) is 32.0 Å². The van der Waals surface area contributed by atoms with Crippen LogP contribution in [-0.2, 0) is 0 Å². The Morgan fingerprint density at radius 1 is 1.29 bits per heavy atom. The summed E-state index contributed by atoms with van der Waals surface area (Å²) in [7, 11) is 0. The van der Waals surface area contributed by atoms with Crippen LogP contribution in [0.25, 0.3) is 0 Å². The predicted octanol–water partition coefficient (Wildman–Crippen LogP) is 1.69. The van der Waals surface area contributed by atoms with Gasteiger partial charge < -0.3 is 10.5 Å². The van der Waals surface area contributed by atoms with Crippen molar-refractivity contribution >= 4 is 21.7 Å². The average molecular weight is 301 g/mol. The molecule has 0 atom stereocenters. The van der Waals surface area contributed by atoms with Gasteiger partial charge in [0.25, 0.3) is 0 Å². The number of nitrogen functional groups attached to an aromatic ring is 1. The van der Waals surface area contributed by atoms with Gasteiger partial charge in [0.15, 0.2) is 0 Å². The predicted molar refractivity (Wildman–Crippen MR) is 69.9 cm³/mol. The van der Waals surface area contributed by atoms with Gasteiger partial charge in [0.1, 0.15) is 17.0 Å². The third-order valence-electron chi connectivity index (χ3n) is 2.78. The Bertz CT molecular complexity index is 348. The third kappa shape index (κ3) is 4.12. The lowest BCUT2D eigenvalue weighted by molar-refractivity contribution is 0.177. The topological polar surface area (TPSA) is 64.3 Å². The van der Waals surface area contributed by atoms with E-state index in [-0.39, 0.29) is 0 Å². The van der Waals surface area contributed by atoms with Gasteiger partial charge in [-0.2, -0.15) is 9.97 Å². The minimum absolute atomic E-state index is 0.342. The van der Waals surface area contributed by atoms with Crippen LogP contribution in [-0.4, -0.2) is 41.1 Å². The molecule has 0 bridgehead atoms. The van der Waals surface area contributed by atoms with Crippen molar-refractivity contribution in [3.63, 3.8) is 0 Å². The Kier molecular flexibility index (Phi) is 4.56. The summed E-state index contributed by atoms with van der Waals surface area (Å²) in [4.78, 5) is 10.5. The van der Waals surface area contributed by atoms with Gasteiger partial charge in [0.2, 0.25) is 0 Å². The number of ether oxygens (including phenoxy) is 1. The zero-order valence-electron chi connectivity index (χ0n) is 9.73. The van der Waals surface area contributed by atoms with Crippen LogP contribution in [0.5, 0.6) is 6.01 Å². The van der Waals surface area contributed by atoms with E-state index >= 15 is 0 Å². The highest BCUT2D eigenvalue weighted by molar-refractivity contribution is 9.10. The van der Waals surface area contributed by atoms with Crippen LogP contribution in [0, 0.1) is 0 Å². The molecule has 0 saturated carbocycles. The number of rotatable bonds is 4. The molecule has 1 saturated heterocycles. The largest absolute Gasteiger partial charge is 0.462 e. The summed E-state index contributed by atoms with van der Waals surface area (Å²) in [5.41, 5.74) is 5.60. The highest BCUT2D eigenvalue weighted by atomic mass is 79.9. The van der Waals surface area contributed by atoms with E-state index in [0.717, 1.165) is 6.54 Å². The molecule has 17 heavy (non-hydrogen) atoms. The lowest BCUT2D eigenvalue weighted by Crippen LogP contribution is -2.33. The molecule has 6 heteroatoms. The summed E-state index contributed by atoms with van der Waals surface area (Å²) in [6, 6.07) is 1.99. The molecule has 5 nitrogen and oxygen atoms in total. The molecule has 94 valence electrons. The van der Waals surface area contributed by atoms with Crippen molar-refractivity contribution in [1.82, 2.24) is 14.9 Å². The molecular formula is C11H17BrN4O. The van der Waals surface area contributed by atoms with Crippen molar-refractivity contribution in [3.8, 4) is 6.01 Å². The lowest BCUT2D eigenvalue weighted by atomic mass is 10.1. The molecule has 0 spiro atoms. The minimum atomic E-state index is 0.342. The smallest absolute Gasteiger partial charge is 0.319 e. The van der Waals surface area contributed by atoms with E-state index in [1.54, 1.807) is 6.07 Å². The first kappa shape index (κ1) is 12.6. The molecule has 2 heterocycles. The number of aromatic nitrogens is 2. The SMILES string of the molecule is Nc1cc(Br)nc(OCCN2CCCCC2)n1. The average Bonchev–Trinajstić information content (AvgIpc) is 2.29. The Hall–Kier alpha value is -0.880. The van der Waals surface area contributed by atoms with Crippen molar-refractivity contribution < 1.29 is 4.74 Å². The molecule has 1 aromatic heterocycles. The molecule has 2 N–H and O–H groups in total. The number of halogens is 1. The van der Waals surface area contributed by atoms with Gasteiger partial charge in [0.05, 0.1) is 0 Å². The van der Waals surface area contributed by atoms with Gasteiger partial charge in [-0.3, -0.25) is 4.90 Å². The fraction of sp³-hybridized carbons (Fsp3) is 0.636. The molecule has 0 unspecified atom stereocenters. The van der Waals surface area contributed by atoms with E-state index in [4.69, 9.17) is 10.5 Å². The summed E-state index contributed by atoms with van der Waals surface area (Å²) < 4.78 is 6.15. The number of nitrogens with zero attached hydrogens (tertiary/aromatic N) is 3. The summed E-state index contributed by atoms with van der Waals surface area (Å²) >= 11 is 3.26. The van der Waals surface area contributed by atoms with E-state index < -0.39 is 0 Å². The second-order valence-electron chi connectivity index (χ2n) is 4.15. The quantitative estimate of drug-likeness (QED) is 0.857. The highest BCUT2D eigenvalue weighted by Crippen LogP contribution is 2.14. The first-order valence-corrected chi connectivity index (χ1v) is 6.68. The molecule has 0 amide bonds. The third-order valence-corrected chi connectivity index (χ3v) is 3.19. The minimum Gasteiger partial charge on any atom is -0.462 e. The Balaban J connectivity index is 1.77. The summed E-state index contributed by atoms with van der Waals surface area (Å²) in [6.07, 6.45) is 3.93. The summed E-state index contributed by atoms with van der Waals surface area (Å²) in [5, 5.41) is 0. The number of hydrogen-bond donors (Lipinski definition) is 1. The zero-order valence-corrected chi connectivity index (χ0v) is 11.3. The highest BCUT2D eigenvalue weighted by Gasteiger charge is 2.10. The number of piperidine rings is 1. The maximum atomic E-state index is 5.60. The van der Waals surface area contributed by atoms with E-state index in [2.05, 4.69) is 30.8 Å². The first-order valence-electron chi connectivity index (χ1n) is 5.89. The van der Waals surface area contributed by atoms with Crippen LogP contribution in [0.3, 0.4) is 0 Å². The molecular weight excluding hydrogens is 284 g/mol. The van der Waals surface area contributed by atoms with Crippen LogP contribution in [0.1, 0.15) is 19.3 Å². The Morgan fingerprint density at radius 2 is 2.06 bits per heavy atom. The standard InChI is InChI=1S/C11H17BrN4O/c12-9-8-10(13)15-11(14-9)17-7-6-16-4-2-1-3-5-16/h8H,1-7H2,(H2,13,14,15). The fourth-order valence-corrected chi connectivity index (χ4v) is 2.31. The van der Waals surface area contributed by atoms with Gasteiger partial charge >= 0.3 is 6.01 Å². The Labute approximate surface area is 110 Å². The van der Waals surface area contributed by atoms with Crippen LogP contribution in [0.2, 0.25) is 0 Å². The lowest BCUT2D eigenvalue weighted by Gasteiger charge is -2.25.